The summed E-state index contributed by atoms with van der Waals surface area (Å²) in [5.74, 6) is 0. The van der Waals surface area contributed by atoms with Gasteiger partial charge in [0.05, 0.1) is 0 Å². The zero-order valence-electron chi connectivity index (χ0n) is 7.37. The molecule has 0 bridgehead atoms. The molecule has 1 nitrogen and oxygen atoms in total. The molecule has 0 atom stereocenters. The van der Waals surface area contributed by atoms with Crippen LogP contribution in [0.4, 0.5) is 0 Å². The third kappa shape index (κ3) is 2.78. The van der Waals surface area contributed by atoms with Gasteiger partial charge in [0, 0.05) is 19.0 Å². The van der Waals surface area contributed by atoms with Gasteiger partial charge in [0.25, 0.3) is 0 Å². The lowest BCUT2D eigenvalue weighted by Crippen LogP contribution is -2.29. The molecule has 2 N–H and O–H groups in total. The first-order valence-electron chi connectivity index (χ1n) is 3.76. The second kappa shape index (κ2) is 4.01. The zero-order chi connectivity index (χ0) is 10.2. The van der Waals surface area contributed by atoms with Crippen LogP contribution in [-0.2, 0) is 5.54 Å². The summed E-state index contributed by atoms with van der Waals surface area (Å²) < 4.78 is 3.06. The standard InChI is InChI=1S/C9H10Br3N/c1-9(2,13)8-6(11)3-5(10)4-7(8)12/h3-4H,13H2,1-2H3. The van der Waals surface area contributed by atoms with Crippen LogP contribution in [0.5, 0.6) is 0 Å². The fourth-order valence-electron chi connectivity index (χ4n) is 1.16. The summed E-state index contributed by atoms with van der Waals surface area (Å²) in [7, 11) is 0. The fourth-order valence-corrected chi connectivity index (χ4v) is 4.44. The van der Waals surface area contributed by atoms with Crippen LogP contribution in [0.1, 0.15) is 19.4 Å². The number of hydrogen-bond donors (Lipinski definition) is 1. The minimum Gasteiger partial charge on any atom is -0.322 e. The minimum atomic E-state index is -0.349. The average molecular weight is 372 g/mol. The maximum absolute atomic E-state index is 6.03. The molecular weight excluding hydrogens is 362 g/mol. The highest BCUT2D eigenvalue weighted by atomic mass is 79.9. The molecule has 1 rings (SSSR count). The molecular formula is C9H10Br3N. The second-order valence-electron chi connectivity index (χ2n) is 3.47. The number of halogens is 3. The van der Waals surface area contributed by atoms with Crippen LogP contribution in [0, 0.1) is 0 Å². The van der Waals surface area contributed by atoms with Crippen LogP contribution >= 0.6 is 47.8 Å². The largest absolute Gasteiger partial charge is 0.322 e. The third-order valence-electron chi connectivity index (χ3n) is 1.65. The molecule has 13 heavy (non-hydrogen) atoms. The van der Waals surface area contributed by atoms with E-state index in [1.165, 1.54) is 0 Å². The van der Waals surface area contributed by atoms with E-state index in [4.69, 9.17) is 5.73 Å². The maximum atomic E-state index is 6.03. The summed E-state index contributed by atoms with van der Waals surface area (Å²) in [5.41, 5.74) is 6.76. The predicted molar refractivity (Wildman–Crippen MR) is 66.8 cm³/mol. The van der Waals surface area contributed by atoms with E-state index in [1.54, 1.807) is 0 Å². The van der Waals surface area contributed by atoms with Gasteiger partial charge in [-0.3, -0.25) is 0 Å². The monoisotopic (exact) mass is 369 g/mol. The summed E-state index contributed by atoms with van der Waals surface area (Å²) in [6.45, 7) is 3.96. The minimum absolute atomic E-state index is 0.349. The van der Waals surface area contributed by atoms with E-state index in [0.29, 0.717) is 0 Å². The van der Waals surface area contributed by atoms with Crippen molar-refractivity contribution in [2.75, 3.05) is 0 Å². The molecule has 0 radical (unpaired) electrons. The van der Waals surface area contributed by atoms with Crippen LogP contribution in [0.15, 0.2) is 25.6 Å². The molecule has 72 valence electrons. The molecule has 1 aromatic rings. The smallest absolute Gasteiger partial charge is 0.0374 e. The highest BCUT2D eigenvalue weighted by Gasteiger charge is 2.20. The molecule has 0 amide bonds. The fraction of sp³-hybridized carbons (Fsp3) is 0.333. The van der Waals surface area contributed by atoms with Gasteiger partial charge in [0.2, 0.25) is 0 Å². The lowest BCUT2D eigenvalue weighted by Gasteiger charge is -2.22. The first-order chi connectivity index (χ1) is 5.82. The Bertz CT molecular complexity index is 305. The molecule has 0 aliphatic rings. The zero-order valence-corrected chi connectivity index (χ0v) is 12.1. The van der Waals surface area contributed by atoms with Crippen LogP contribution in [0.2, 0.25) is 0 Å². The van der Waals surface area contributed by atoms with Gasteiger partial charge in [0.15, 0.2) is 0 Å². The molecule has 0 unspecified atom stereocenters. The van der Waals surface area contributed by atoms with Crippen LogP contribution in [0.3, 0.4) is 0 Å². The molecule has 0 spiro atoms. The van der Waals surface area contributed by atoms with E-state index in [9.17, 15) is 0 Å². The molecule has 0 fully saturated rings. The molecule has 0 aliphatic heterocycles. The summed E-state index contributed by atoms with van der Waals surface area (Å²) >= 11 is 10.4. The Labute approximate surface area is 103 Å². The van der Waals surface area contributed by atoms with E-state index < -0.39 is 0 Å². The van der Waals surface area contributed by atoms with Crippen LogP contribution < -0.4 is 5.73 Å². The SMILES string of the molecule is CC(C)(N)c1c(Br)cc(Br)cc1Br. The van der Waals surface area contributed by atoms with Gasteiger partial charge < -0.3 is 5.73 Å². The Morgan fingerprint density at radius 2 is 1.46 bits per heavy atom. The van der Waals surface area contributed by atoms with Gasteiger partial charge in [-0.05, 0) is 31.5 Å². The van der Waals surface area contributed by atoms with Crippen molar-refractivity contribution in [1.29, 1.82) is 0 Å². The molecule has 0 aliphatic carbocycles. The van der Waals surface area contributed by atoms with Gasteiger partial charge >= 0.3 is 0 Å². The van der Waals surface area contributed by atoms with Crippen LogP contribution in [0.25, 0.3) is 0 Å². The Kier molecular flexibility index (Phi) is 3.60. The first-order valence-corrected chi connectivity index (χ1v) is 6.14. The lowest BCUT2D eigenvalue weighted by atomic mass is 9.96. The summed E-state index contributed by atoms with van der Waals surface area (Å²) in [4.78, 5) is 0. The van der Waals surface area contributed by atoms with Crippen LogP contribution in [-0.4, -0.2) is 0 Å². The van der Waals surface area contributed by atoms with Crippen molar-refractivity contribution in [3.63, 3.8) is 0 Å². The predicted octanol–water partition coefficient (Wildman–Crippen LogP) is 4.17. The summed E-state index contributed by atoms with van der Waals surface area (Å²) in [5, 5.41) is 0. The molecule has 0 saturated heterocycles. The first kappa shape index (κ1) is 11.7. The van der Waals surface area contributed by atoms with Crippen molar-refractivity contribution >= 4 is 47.8 Å². The van der Waals surface area contributed by atoms with Gasteiger partial charge in [-0.15, -0.1) is 0 Å². The summed E-state index contributed by atoms with van der Waals surface area (Å²) in [6, 6.07) is 3.99. The summed E-state index contributed by atoms with van der Waals surface area (Å²) in [6.07, 6.45) is 0. The van der Waals surface area contributed by atoms with E-state index in [1.807, 2.05) is 26.0 Å². The molecule has 0 aromatic heterocycles. The van der Waals surface area contributed by atoms with Crippen molar-refractivity contribution in [1.82, 2.24) is 0 Å². The maximum Gasteiger partial charge on any atom is 0.0374 e. The topological polar surface area (TPSA) is 26.0 Å². The molecule has 4 heteroatoms. The van der Waals surface area contributed by atoms with Crippen molar-refractivity contribution in [2.24, 2.45) is 5.73 Å². The van der Waals surface area contributed by atoms with Crippen molar-refractivity contribution < 1.29 is 0 Å². The molecule has 0 heterocycles. The van der Waals surface area contributed by atoms with E-state index in [-0.39, 0.29) is 5.54 Å². The molecule has 1 aromatic carbocycles. The Morgan fingerprint density at radius 3 is 1.77 bits per heavy atom. The van der Waals surface area contributed by atoms with Gasteiger partial charge in [-0.25, -0.2) is 0 Å². The van der Waals surface area contributed by atoms with Crippen molar-refractivity contribution in [3.05, 3.63) is 31.1 Å². The second-order valence-corrected chi connectivity index (χ2v) is 6.09. The third-order valence-corrected chi connectivity index (χ3v) is 3.36. The van der Waals surface area contributed by atoms with Gasteiger partial charge in [-0.2, -0.15) is 0 Å². The van der Waals surface area contributed by atoms with Crippen molar-refractivity contribution in [3.8, 4) is 0 Å². The van der Waals surface area contributed by atoms with Gasteiger partial charge in [0.1, 0.15) is 0 Å². The lowest BCUT2D eigenvalue weighted by molar-refractivity contribution is 0.548. The molecule has 0 saturated carbocycles. The van der Waals surface area contributed by atoms with E-state index in [0.717, 1.165) is 19.0 Å². The number of hydrogen-bond acceptors (Lipinski definition) is 1. The number of rotatable bonds is 1. The van der Waals surface area contributed by atoms with Crippen molar-refractivity contribution in [2.45, 2.75) is 19.4 Å². The number of nitrogens with two attached hydrogens (primary N) is 1. The normalized spacial score (nSPS) is 11.8. The van der Waals surface area contributed by atoms with E-state index in [2.05, 4.69) is 47.8 Å². The Morgan fingerprint density at radius 1 is 1.08 bits per heavy atom. The number of benzene rings is 1. The quantitative estimate of drug-likeness (QED) is 0.787. The Hall–Kier alpha value is 0.620. The highest BCUT2D eigenvalue weighted by Crippen LogP contribution is 2.35. The highest BCUT2D eigenvalue weighted by molar-refractivity contribution is 9.11. The average Bonchev–Trinajstić information content (AvgIpc) is 1.78. The van der Waals surface area contributed by atoms with E-state index >= 15 is 0 Å². The van der Waals surface area contributed by atoms with Gasteiger partial charge in [-0.1, -0.05) is 47.8 Å². The Balaban J connectivity index is 3.38.